The maximum atomic E-state index is 10.3. The highest BCUT2D eigenvalue weighted by molar-refractivity contribution is 5.63. The normalized spacial score (nSPS) is 32.0. The molecule has 3 N–H and O–H groups in total. The second-order valence-electron chi connectivity index (χ2n) is 4.47. The van der Waals surface area contributed by atoms with Gasteiger partial charge in [-0.2, -0.15) is 0 Å². The molecule has 1 aliphatic heterocycles. The molecule has 1 amide bonds. The lowest BCUT2D eigenvalue weighted by molar-refractivity contribution is 0.0820. The molecule has 0 aromatic carbocycles. The van der Waals surface area contributed by atoms with E-state index >= 15 is 0 Å². The third-order valence-corrected chi connectivity index (χ3v) is 3.49. The molecule has 0 radical (unpaired) electrons. The van der Waals surface area contributed by atoms with Crippen LogP contribution in [0.25, 0.3) is 0 Å². The number of nitrogens with zero attached hydrogens (tertiary/aromatic N) is 1. The minimum atomic E-state index is -1.00. The summed E-state index contributed by atoms with van der Waals surface area (Å²) in [5.74, 6) is 0. The van der Waals surface area contributed by atoms with Crippen molar-refractivity contribution in [2.45, 2.75) is 44.2 Å². The molecule has 1 aliphatic carbocycles. The summed E-state index contributed by atoms with van der Waals surface area (Å²) in [5.41, 5.74) is 5.09. The van der Waals surface area contributed by atoms with Crippen LogP contribution in [0.2, 0.25) is 0 Å². The van der Waals surface area contributed by atoms with Gasteiger partial charge in [0.05, 0.1) is 0 Å². The second-order valence-corrected chi connectivity index (χ2v) is 4.47. The van der Waals surface area contributed by atoms with Crippen LogP contribution in [-0.4, -0.2) is 41.3 Å². The quantitative estimate of drug-likeness (QED) is 0.606. The fraction of sp³-hybridized carbons (Fsp3) is 0.900. The Morgan fingerprint density at radius 3 is 2.33 bits per heavy atom. The zero-order chi connectivity index (χ0) is 10.7. The van der Waals surface area contributed by atoms with E-state index in [9.17, 15) is 4.79 Å². The Balaban J connectivity index is 1.65. The summed E-state index contributed by atoms with van der Waals surface area (Å²) in [7, 11) is 0. The van der Waals surface area contributed by atoms with Gasteiger partial charge < -0.3 is 10.0 Å². The van der Waals surface area contributed by atoms with Crippen molar-refractivity contribution in [2.75, 3.05) is 13.1 Å². The van der Waals surface area contributed by atoms with Crippen LogP contribution in [0.4, 0.5) is 4.79 Å². The van der Waals surface area contributed by atoms with Crippen LogP contribution in [0.3, 0.4) is 0 Å². The first-order valence-corrected chi connectivity index (χ1v) is 5.74. The topological polar surface area (TPSA) is 64.6 Å². The van der Waals surface area contributed by atoms with Gasteiger partial charge >= 0.3 is 6.09 Å². The maximum Gasteiger partial charge on any atom is 0.419 e. The minimum Gasteiger partial charge on any atom is -0.464 e. The predicted octanol–water partition coefficient (Wildman–Crippen LogP) is 0.775. The van der Waals surface area contributed by atoms with E-state index in [1.54, 1.807) is 0 Å². The third-order valence-electron chi connectivity index (χ3n) is 3.49. The monoisotopic (exact) mass is 213 g/mol. The SMILES string of the molecule is O=C(O)NNC1CCC(N2CCC2)CC1. The van der Waals surface area contributed by atoms with Crippen LogP contribution >= 0.6 is 0 Å². The molecular weight excluding hydrogens is 194 g/mol. The van der Waals surface area contributed by atoms with E-state index < -0.39 is 6.09 Å². The lowest BCUT2D eigenvalue weighted by atomic mass is 9.89. The van der Waals surface area contributed by atoms with Gasteiger partial charge in [-0.1, -0.05) is 0 Å². The summed E-state index contributed by atoms with van der Waals surface area (Å²) in [6, 6.07) is 1.07. The number of carbonyl (C=O) groups is 1. The molecule has 0 atom stereocenters. The van der Waals surface area contributed by atoms with Gasteiger partial charge in [0, 0.05) is 12.1 Å². The van der Waals surface area contributed by atoms with Gasteiger partial charge in [-0.15, -0.1) is 0 Å². The van der Waals surface area contributed by atoms with Gasteiger partial charge in [0.2, 0.25) is 0 Å². The molecule has 2 aliphatic rings. The van der Waals surface area contributed by atoms with E-state index in [2.05, 4.69) is 15.8 Å². The number of likely N-dealkylation sites (tertiary alicyclic amines) is 1. The lowest BCUT2D eigenvalue weighted by Gasteiger charge is -2.42. The van der Waals surface area contributed by atoms with Gasteiger partial charge in [-0.05, 0) is 45.2 Å². The van der Waals surface area contributed by atoms with Crippen molar-refractivity contribution < 1.29 is 9.90 Å². The Kier molecular flexibility index (Phi) is 3.43. The molecule has 0 unspecified atom stereocenters. The van der Waals surface area contributed by atoms with Gasteiger partial charge in [0.1, 0.15) is 0 Å². The predicted molar refractivity (Wildman–Crippen MR) is 56.5 cm³/mol. The fourth-order valence-corrected chi connectivity index (χ4v) is 2.45. The molecule has 5 nitrogen and oxygen atoms in total. The Morgan fingerprint density at radius 2 is 1.87 bits per heavy atom. The summed E-state index contributed by atoms with van der Waals surface area (Å²) < 4.78 is 0. The van der Waals surface area contributed by atoms with Gasteiger partial charge in [0.15, 0.2) is 0 Å². The molecule has 0 spiro atoms. The van der Waals surface area contributed by atoms with Crippen molar-refractivity contribution in [3.05, 3.63) is 0 Å². The van der Waals surface area contributed by atoms with Crippen molar-refractivity contribution >= 4 is 6.09 Å². The van der Waals surface area contributed by atoms with E-state index in [4.69, 9.17) is 5.11 Å². The van der Waals surface area contributed by atoms with Crippen LogP contribution in [-0.2, 0) is 0 Å². The van der Waals surface area contributed by atoms with Gasteiger partial charge in [0.25, 0.3) is 0 Å². The van der Waals surface area contributed by atoms with Crippen molar-refractivity contribution in [3.8, 4) is 0 Å². The zero-order valence-electron chi connectivity index (χ0n) is 8.91. The van der Waals surface area contributed by atoms with E-state index in [1.165, 1.54) is 32.4 Å². The average Bonchev–Trinajstić information content (AvgIpc) is 2.14. The maximum absolute atomic E-state index is 10.3. The van der Waals surface area contributed by atoms with E-state index in [1.807, 2.05) is 0 Å². The number of carboxylic acid groups (broad SMARTS) is 1. The molecule has 5 heteroatoms. The zero-order valence-corrected chi connectivity index (χ0v) is 8.91. The Hall–Kier alpha value is -0.810. The first-order chi connectivity index (χ1) is 7.25. The lowest BCUT2D eigenvalue weighted by Crippen LogP contribution is -2.50. The highest BCUT2D eigenvalue weighted by Gasteiger charge is 2.28. The molecule has 2 fully saturated rings. The summed E-state index contributed by atoms with van der Waals surface area (Å²) in [5, 5.41) is 8.45. The van der Waals surface area contributed by atoms with Crippen LogP contribution in [0.5, 0.6) is 0 Å². The fourth-order valence-electron chi connectivity index (χ4n) is 2.45. The number of nitrogens with one attached hydrogen (secondary N) is 2. The van der Waals surface area contributed by atoms with Crippen molar-refractivity contribution in [2.24, 2.45) is 0 Å². The second kappa shape index (κ2) is 4.81. The Bertz CT molecular complexity index is 223. The van der Waals surface area contributed by atoms with Crippen molar-refractivity contribution in [1.29, 1.82) is 0 Å². The van der Waals surface area contributed by atoms with E-state index in [0.717, 1.165) is 18.9 Å². The standard InChI is InChI=1S/C10H19N3O2/c14-10(15)12-11-8-2-4-9(5-3-8)13-6-1-7-13/h8-9,11-12H,1-7H2,(H,14,15). The largest absolute Gasteiger partial charge is 0.464 e. The average molecular weight is 213 g/mol. The molecule has 0 bridgehead atoms. The molecule has 1 heterocycles. The van der Waals surface area contributed by atoms with Crippen LogP contribution in [0, 0.1) is 0 Å². The molecule has 1 saturated carbocycles. The van der Waals surface area contributed by atoms with Crippen LogP contribution in [0.15, 0.2) is 0 Å². The smallest absolute Gasteiger partial charge is 0.419 e. The van der Waals surface area contributed by atoms with Crippen LogP contribution < -0.4 is 10.9 Å². The van der Waals surface area contributed by atoms with Crippen molar-refractivity contribution in [1.82, 2.24) is 15.8 Å². The van der Waals surface area contributed by atoms with E-state index in [-0.39, 0.29) is 0 Å². The molecule has 0 aromatic heterocycles. The summed E-state index contributed by atoms with van der Waals surface area (Å²) in [6.07, 6.45) is 4.87. The minimum absolute atomic E-state index is 0.318. The summed E-state index contributed by atoms with van der Waals surface area (Å²) >= 11 is 0. The number of hydrogen-bond donors (Lipinski definition) is 3. The highest BCUT2D eigenvalue weighted by atomic mass is 16.4. The van der Waals surface area contributed by atoms with Crippen molar-refractivity contribution in [3.63, 3.8) is 0 Å². The first-order valence-electron chi connectivity index (χ1n) is 5.74. The number of hydrazine groups is 1. The van der Waals surface area contributed by atoms with Gasteiger partial charge in [-0.25, -0.2) is 10.2 Å². The highest BCUT2D eigenvalue weighted by Crippen LogP contribution is 2.25. The third kappa shape index (κ3) is 2.82. The summed E-state index contributed by atoms with van der Waals surface area (Å²) in [4.78, 5) is 12.8. The molecule has 15 heavy (non-hydrogen) atoms. The molecule has 1 saturated heterocycles. The van der Waals surface area contributed by atoms with Crippen LogP contribution in [0.1, 0.15) is 32.1 Å². The Morgan fingerprint density at radius 1 is 1.20 bits per heavy atom. The first kappa shape index (κ1) is 10.7. The van der Waals surface area contributed by atoms with Gasteiger partial charge in [-0.3, -0.25) is 5.43 Å². The summed E-state index contributed by atoms with van der Waals surface area (Å²) in [6.45, 7) is 2.52. The molecule has 0 aromatic rings. The Labute approximate surface area is 89.8 Å². The number of rotatable bonds is 3. The number of amides is 1. The van der Waals surface area contributed by atoms with E-state index in [0.29, 0.717) is 6.04 Å². The molecule has 2 rings (SSSR count). The number of hydrogen-bond acceptors (Lipinski definition) is 3. The molecule has 86 valence electrons. The molecular formula is C10H19N3O2.